The van der Waals surface area contributed by atoms with Gasteiger partial charge in [0.15, 0.2) is 0 Å². The maximum Gasteiger partial charge on any atom is 0.236 e. The van der Waals surface area contributed by atoms with Crippen molar-refractivity contribution in [3.63, 3.8) is 0 Å². The molecular weight excluding hydrogens is 277 g/mol. The molecule has 0 saturated carbocycles. The van der Waals surface area contributed by atoms with Crippen molar-refractivity contribution in [2.75, 3.05) is 4.90 Å². The van der Waals surface area contributed by atoms with Crippen molar-refractivity contribution < 1.29 is 9.59 Å². The van der Waals surface area contributed by atoms with E-state index in [0.717, 1.165) is 11.2 Å². The first-order chi connectivity index (χ1) is 8.43. The van der Waals surface area contributed by atoms with E-state index in [2.05, 4.69) is 10.5 Å². The molecule has 5 nitrogen and oxygen atoms in total. The topological polar surface area (TPSA) is 61.8 Å². The van der Waals surface area contributed by atoms with Gasteiger partial charge in [0, 0.05) is 13.8 Å². The van der Waals surface area contributed by atoms with Crippen molar-refractivity contribution >= 4 is 47.0 Å². The van der Waals surface area contributed by atoms with Crippen LogP contribution in [-0.4, -0.2) is 18.2 Å². The number of halogens is 2. The molecule has 0 aromatic heterocycles. The van der Waals surface area contributed by atoms with Crippen molar-refractivity contribution in [1.82, 2.24) is 5.43 Å². The van der Waals surface area contributed by atoms with Crippen LogP contribution in [0.2, 0.25) is 10.0 Å². The Morgan fingerprint density at radius 2 is 1.83 bits per heavy atom. The molecule has 0 heterocycles. The van der Waals surface area contributed by atoms with Gasteiger partial charge in [-0.2, -0.15) is 5.10 Å². The summed E-state index contributed by atoms with van der Waals surface area (Å²) in [4.78, 5) is 23.4. The van der Waals surface area contributed by atoms with Crippen LogP contribution in [0.25, 0.3) is 0 Å². The number of nitrogens with zero attached hydrogens (tertiary/aromatic N) is 2. The van der Waals surface area contributed by atoms with Gasteiger partial charge in [-0.25, -0.2) is 5.43 Å². The summed E-state index contributed by atoms with van der Waals surface area (Å²) in [6, 6.07) is 4.87. The number of carbonyl (C=O) groups excluding carboxylic acids is 2. The SMILES string of the molecule is CC(=O)NN=CN(C(C)=O)c1c(Cl)cccc1Cl. The van der Waals surface area contributed by atoms with Crippen LogP contribution in [0.5, 0.6) is 0 Å². The molecule has 7 heteroatoms. The lowest BCUT2D eigenvalue weighted by Crippen LogP contribution is -2.29. The van der Waals surface area contributed by atoms with E-state index >= 15 is 0 Å². The number of hydrogen-bond acceptors (Lipinski definition) is 3. The Morgan fingerprint density at radius 1 is 1.28 bits per heavy atom. The van der Waals surface area contributed by atoms with Gasteiger partial charge in [-0.15, -0.1) is 0 Å². The number of benzene rings is 1. The number of nitrogens with one attached hydrogen (secondary N) is 1. The summed E-state index contributed by atoms with van der Waals surface area (Å²) >= 11 is 12.0. The molecule has 1 aromatic carbocycles. The molecule has 0 atom stereocenters. The summed E-state index contributed by atoms with van der Waals surface area (Å²) in [5.74, 6) is -0.681. The van der Waals surface area contributed by atoms with E-state index in [-0.39, 0.29) is 11.8 Å². The molecule has 0 saturated heterocycles. The minimum absolute atomic E-state index is 0.312. The van der Waals surface area contributed by atoms with Crippen LogP contribution in [0.4, 0.5) is 5.69 Å². The Morgan fingerprint density at radius 3 is 2.28 bits per heavy atom. The lowest BCUT2D eigenvalue weighted by Gasteiger charge is -2.18. The van der Waals surface area contributed by atoms with Gasteiger partial charge in [-0.3, -0.25) is 14.5 Å². The van der Waals surface area contributed by atoms with Crippen molar-refractivity contribution in [3.05, 3.63) is 28.2 Å². The molecule has 0 spiro atoms. The molecular formula is C11H11Cl2N3O2. The van der Waals surface area contributed by atoms with Gasteiger partial charge in [0.25, 0.3) is 0 Å². The van der Waals surface area contributed by atoms with Crippen LogP contribution in [-0.2, 0) is 9.59 Å². The Balaban J connectivity index is 3.09. The maximum absolute atomic E-state index is 11.5. The fraction of sp³-hybridized carbons (Fsp3) is 0.182. The van der Waals surface area contributed by atoms with Crippen LogP contribution in [0.15, 0.2) is 23.3 Å². The molecule has 0 aliphatic heterocycles. The lowest BCUT2D eigenvalue weighted by molar-refractivity contribution is -0.119. The first kappa shape index (κ1) is 14.5. The average Bonchev–Trinajstić information content (AvgIpc) is 2.25. The third-order valence-corrected chi connectivity index (χ3v) is 2.52. The number of anilines is 1. The van der Waals surface area contributed by atoms with E-state index in [4.69, 9.17) is 23.2 Å². The molecule has 18 heavy (non-hydrogen) atoms. The monoisotopic (exact) mass is 287 g/mol. The number of para-hydroxylation sites is 1. The normalized spacial score (nSPS) is 10.4. The number of hydrazone groups is 1. The maximum atomic E-state index is 11.5. The average molecular weight is 288 g/mol. The molecule has 96 valence electrons. The molecule has 0 aliphatic carbocycles. The zero-order chi connectivity index (χ0) is 13.7. The summed E-state index contributed by atoms with van der Waals surface area (Å²) in [5, 5.41) is 4.24. The van der Waals surface area contributed by atoms with Crippen LogP contribution in [0.1, 0.15) is 13.8 Å². The van der Waals surface area contributed by atoms with Crippen molar-refractivity contribution in [2.24, 2.45) is 5.10 Å². The summed E-state index contributed by atoms with van der Waals surface area (Å²) < 4.78 is 0. The number of hydrogen-bond donors (Lipinski definition) is 1. The van der Waals surface area contributed by atoms with Crippen LogP contribution < -0.4 is 10.3 Å². The van der Waals surface area contributed by atoms with Crippen molar-refractivity contribution in [1.29, 1.82) is 0 Å². The Bertz CT molecular complexity index is 483. The van der Waals surface area contributed by atoms with E-state index in [1.807, 2.05) is 0 Å². The Labute approximate surface area is 114 Å². The molecule has 1 rings (SSSR count). The fourth-order valence-electron chi connectivity index (χ4n) is 1.19. The first-order valence-electron chi connectivity index (χ1n) is 4.97. The van der Waals surface area contributed by atoms with Crippen LogP contribution in [0, 0.1) is 0 Å². The highest BCUT2D eigenvalue weighted by Gasteiger charge is 2.16. The fourth-order valence-corrected chi connectivity index (χ4v) is 1.77. The zero-order valence-electron chi connectivity index (χ0n) is 9.78. The summed E-state index contributed by atoms with van der Waals surface area (Å²) in [6.45, 7) is 2.64. The van der Waals surface area contributed by atoms with Crippen molar-refractivity contribution in [3.8, 4) is 0 Å². The highest BCUT2D eigenvalue weighted by Crippen LogP contribution is 2.32. The number of amides is 2. The van der Waals surface area contributed by atoms with E-state index in [1.165, 1.54) is 13.8 Å². The standard InChI is InChI=1S/C11H11Cl2N3O2/c1-7(17)15-14-6-16(8(2)18)11-9(12)4-3-5-10(11)13/h3-6H,1-2H3,(H,15,17). The second-order valence-corrected chi connectivity index (χ2v) is 4.19. The van der Waals surface area contributed by atoms with Gasteiger partial charge in [0.05, 0.1) is 15.7 Å². The molecule has 1 N–H and O–H groups in total. The number of carbonyl (C=O) groups is 2. The molecule has 2 amide bonds. The van der Waals surface area contributed by atoms with Gasteiger partial charge in [0.2, 0.25) is 11.8 Å². The molecule has 0 unspecified atom stereocenters. The van der Waals surface area contributed by atoms with E-state index in [1.54, 1.807) is 18.2 Å². The first-order valence-corrected chi connectivity index (χ1v) is 5.72. The molecule has 0 bridgehead atoms. The van der Waals surface area contributed by atoms with Gasteiger partial charge in [0.1, 0.15) is 6.34 Å². The Hall–Kier alpha value is -1.59. The van der Waals surface area contributed by atoms with Crippen molar-refractivity contribution in [2.45, 2.75) is 13.8 Å². The highest BCUT2D eigenvalue weighted by molar-refractivity contribution is 6.40. The van der Waals surface area contributed by atoms with Crippen LogP contribution >= 0.6 is 23.2 Å². The van der Waals surface area contributed by atoms with E-state index in [9.17, 15) is 9.59 Å². The lowest BCUT2D eigenvalue weighted by atomic mass is 10.3. The smallest absolute Gasteiger partial charge is 0.236 e. The third-order valence-electron chi connectivity index (χ3n) is 1.91. The second-order valence-electron chi connectivity index (χ2n) is 3.37. The predicted molar refractivity (Wildman–Crippen MR) is 71.9 cm³/mol. The largest absolute Gasteiger partial charge is 0.274 e. The Kier molecular flexibility index (Phi) is 5.12. The third kappa shape index (κ3) is 3.72. The minimum atomic E-state index is -0.347. The van der Waals surface area contributed by atoms with Gasteiger partial charge in [-0.05, 0) is 12.1 Å². The molecule has 1 aromatic rings. The molecule has 0 radical (unpaired) electrons. The van der Waals surface area contributed by atoms with E-state index in [0.29, 0.717) is 15.7 Å². The summed E-state index contributed by atoms with van der Waals surface area (Å²) in [6.07, 6.45) is 1.15. The molecule has 0 fully saturated rings. The van der Waals surface area contributed by atoms with E-state index < -0.39 is 0 Å². The minimum Gasteiger partial charge on any atom is -0.274 e. The quantitative estimate of drug-likeness (QED) is 0.527. The summed E-state index contributed by atoms with van der Waals surface area (Å²) in [7, 11) is 0. The second kappa shape index (κ2) is 6.37. The van der Waals surface area contributed by atoms with Crippen LogP contribution in [0.3, 0.4) is 0 Å². The molecule has 0 aliphatic rings. The predicted octanol–water partition coefficient (Wildman–Crippen LogP) is 2.43. The van der Waals surface area contributed by atoms with Gasteiger partial charge < -0.3 is 0 Å². The zero-order valence-corrected chi connectivity index (χ0v) is 11.3. The van der Waals surface area contributed by atoms with Gasteiger partial charge >= 0.3 is 0 Å². The number of rotatable bonds is 3. The highest BCUT2D eigenvalue weighted by atomic mass is 35.5. The van der Waals surface area contributed by atoms with Gasteiger partial charge in [-0.1, -0.05) is 29.3 Å². The summed E-state index contributed by atoms with van der Waals surface area (Å²) in [5.41, 5.74) is 2.51.